The Kier molecular flexibility index (Phi) is 6.34. The maximum atomic E-state index is 6.29. The first kappa shape index (κ1) is 16.6. The highest BCUT2D eigenvalue weighted by Crippen LogP contribution is 2.26. The zero-order valence-corrected chi connectivity index (χ0v) is 14.2. The first-order valence-corrected chi connectivity index (χ1v) is 8.42. The van der Waals surface area contributed by atoms with E-state index in [1.807, 2.05) is 12.1 Å². The van der Waals surface area contributed by atoms with Crippen LogP contribution in [0.1, 0.15) is 27.2 Å². The zero-order chi connectivity index (χ0) is 15.2. The normalized spacial score (nSPS) is 18.2. The molecule has 1 unspecified atom stereocenters. The van der Waals surface area contributed by atoms with Crippen LogP contribution in [0.5, 0.6) is 0 Å². The van der Waals surface area contributed by atoms with E-state index in [0.29, 0.717) is 12.1 Å². The van der Waals surface area contributed by atoms with Crippen molar-refractivity contribution in [1.82, 2.24) is 10.2 Å². The van der Waals surface area contributed by atoms with E-state index < -0.39 is 0 Å². The summed E-state index contributed by atoms with van der Waals surface area (Å²) < 4.78 is 0. The Hall–Kier alpha value is -0.770. The Morgan fingerprint density at radius 2 is 1.76 bits per heavy atom. The van der Waals surface area contributed by atoms with Crippen LogP contribution < -0.4 is 10.2 Å². The van der Waals surface area contributed by atoms with E-state index in [9.17, 15) is 0 Å². The molecule has 1 aromatic rings. The van der Waals surface area contributed by atoms with Crippen LogP contribution in [0.4, 0.5) is 5.69 Å². The van der Waals surface area contributed by atoms with Gasteiger partial charge < -0.3 is 10.2 Å². The third-order valence-electron chi connectivity index (χ3n) is 4.25. The minimum atomic E-state index is 0.578. The van der Waals surface area contributed by atoms with Crippen molar-refractivity contribution in [3.05, 3.63) is 29.3 Å². The molecule has 21 heavy (non-hydrogen) atoms. The molecule has 1 N–H and O–H groups in total. The molecule has 1 fully saturated rings. The molecule has 1 atom stereocenters. The van der Waals surface area contributed by atoms with Crippen molar-refractivity contribution in [2.24, 2.45) is 0 Å². The van der Waals surface area contributed by atoms with Crippen LogP contribution in [0.3, 0.4) is 0 Å². The molecule has 0 aliphatic carbocycles. The highest BCUT2D eigenvalue weighted by molar-refractivity contribution is 6.33. The zero-order valence-electron chi connectivity index (χ0n) is 13.5. The number of halogens is 1. The van der Waals surface area contributed by atoms with Crippen molar-refractivity contribution >= 4 is 17.3 Å². The van der Waals surface area contributed by atoms with Gasteiger partial charge in [0.05, 0.1) is 10.7 Å². The van der Waals surface area contributed by atoms with Gasteiger partial charge in [-0.25, -0.2) is 0 Å². The number of benzene rings is 1. The number of hydrogen-bond acceptors (Lipinski definition) is 3. The molecule has 2 rings (SSSR count). The summed E-state index contributed by atoms with van der Waals surface area (Å²) in [5.41, 5.74) is 1.17. The molecule has 118 valence electrons. The Labute approximate surface area is 134 Å². The van der Waals surface area contributed by atoms with Crippen molar-refractivity contribution in [3.8, 4) is 0 Å². The molecular formula is C17H28ClN3. The summed E-state index contributed by atoms with van der Waals surface area (Å²) in [5.74, 6) is 0. The van der Waals surface area contributed by atoms with Crippen LogP contribution in [0.25, 0.3) is 0 Å². The van der Waals surface area contributed by atoms with Gasteiger partial charge in [0, 0.05) is 38.3 Å². The first-order valence-electron chi connectivity index (χ1n) is 8.05. The van der Waals surface area contributed by atoms with Gasteiger partial charge in [-0.3, -0.25) is 4.90 Å². The summed E-state index contributed by atoms with van der Waals surface area (Å²) in [4.78, 5) is 4.99. The summed E-state index contributed by atoms with van der Waals surface area (Å²) in [5, 5.41) is 4.36. The largest absolute Gasteiger partial charge is 0.368 e. The van der Waals surface area contributed by atoms with Crippen LogP contribution in [0.15, 0.2) is 24.3 Å². The molecule has 0 spiro atoms. The van der Waals surface area contributed by atoms with Crippen LogP contribution in [-0.2, 0) is 0 Å². The Morgan fingerprint density at radius 3 is 2.38 bits per heavy atom. The SMILES string of the molecule is CC(C)NCCC(C)N1CCN(c2ccccc2Cl)CC1. The van der Waals surface area contributed by atoms with E-state index in [-0.39, 0.29) is 0 Å². The van der Waals surface area contributed by atoms with Crippen molar-refractivity contribution in [3.63, 3.8) is 0 Å². The number of rotatable bonds is 6. The van der Waals surface area contributed by atoms with E-state index in [4.69, 9.17) is 11.6 Å². The fraction of sp³-hybridized carbons (Fsp3) is 0.647. The standard InChI is InChI=1S/C17H28ClN3/c1-14(2)19-9-8-15(3)20-10-12-21(13-11-20)17-7-5-4-6-16(17)18/h4-7,14-15,19H,8-13H2,1-3H3. The molecule has 0 saturated carbocycles. The molecule has 3 nitrogen and oxygen atoms in total. The minimum Gasteiger partial charge on any atom is -0.368 e. The Balaban J connectivity index is 1.79. The summed E-state index contributed by atoms with van der Waals surface area (Å²) in [6.45, 7) is 12.2. The van der Waals surface area contributed by atoms with E-state index in [0.717, 1.165) is 37.7 Å². The van der Waals surface area contributed by atoms with Crippen LogP contribution in [0, 0.1) is 0 Å². The highest BCUT2D eigenvalue weighted by atomic mass is 35.5. The van der Waals surface area contributed by atoms with Gasteiger partial charge in [0.15, 0.2) is 0 Å². The molecule has 0 aromatic heterocycles. The van der Waals surface area contributed by atoms with Crippen molar-refractivity contribution in [2.45, 2.75) is 39.3 Å². The second-order valence-corrected chi connectivity index (χ2v) is 6.63. The second-order valence-electron chi connectivity index (χ2n) is 6.22. The fourth-order valence-electron chi connectivity index (χ4n) is 2.88. The predicted molar refractivity (Wildman–Crippen MR) is 92.5 cm³/mol. The maximum Gasteiger partial charge on any atom is 0.0639 e. The number of hydrogen-bond donors (Lipinski definition) is 1. The molecule has 1 heterocycles. The Bertz CT molecular complexity index is 428. The number of nitrogens with zero attached hydrogens (tertiary/aromatic N) is 2. The summed E-state index contributed by atoms with van der Waals surface area (Å²) in [6, 6.07) is 9.37. The minimum absolute atomic E-state index is 0.578. The average molecular weight is 310 g/mol. The van der Waals surface area contributed by atoms with Gasteiger partial charge in [-0.05, 0) is 32.0 Å². The van der Waals surface area contributed by atoms with E-state index in [1.54, 1.807) is 0 Å². The average Bonchev–Trinajstić information content (AvgIpc) is 2.47. The second kappa shape index (κ2) is 8.02. The van der Waals surface area contributed by atoms with Crippen LogP contribution in [-0.4, -0.2) is 49.7 Å². The molecular weight excluding hydrogens is 282 g/mol. The molecule has 0 radical (unpaired) electrons. The van der Waals surface area contributed by atoms with E-state index >= 15 is 0 Å². The molecule has 1 aliphatic heterocycles. The lowest BCUT2D eigenvalue weighted by Gasteiger charge is -2.39. The third-order valence-corrected chi connectivity index (χ3v) is 4.57. The van der Waals surface area contributed by atoms with Crippen molar-refractivity contribution < 1.29 is 0 Å². The van der Waals surface area contributed by atoms with Gasteiger partial charge in [-0.1, -0.05) is 37.6 Å². The molecule has 0 amide bonds. The lowest BCUT2D eigenvalue weighted by Crippen LogP contribution is -2.50. The molecule has 4 heteroatoms. The lowest BCUT2D eigenvalue weighted by atomic mass is 10.1. The van der Waals surface area contributed by atoms with Gasteiger partial charge in [-0.2, -0.15) is 0 Å². The number of anilines is 1. The fourth-order valence-corrected chi connectivity index (χ4v) is 3.13. The monoisotopic (exact) mass is 309 g/mol. The molecule has 0 bridgehead atoms. The van der Waals surface area contributed by atoms with Crippen molar-refractivity contribution in [2.75, 3.05) is 37.6 Å². The number of piperazine rings is 1. The van der Waals surface area contributed by atoms with Gasteiger partial charge in [0.1, 0.15) is 0 Å². The molecule has 1 aromatic carbocycles. The summed E-state index contributed by atoms with van der Waals surface area (Å²) in [7, 11) is 0. The third kappa shape index (κ3) is 4.87. The Morgan fingerprint density at radius 1 is 1.10 bits per heavy atom. The first-order chi connectivity index (χ1) is 10.1. The van der Waals surface area contributed by atoms with Crippen LogP contribution in [0.2, 0.25) is 5.02 Å². The lowest BCUT2D eigenvalue weighted by molar-refractivity contribution is 0.187. The van der Waals surface area contributed by atoms with Gasteiger partial charge in [0.25, 0.3) is 0 Å². The smallest absolute Gasteiger partial charge is 0.0639 e. The highest BCUT2D eigenvalue weighted by Gasteiger charge is 2.21. The van der Waals surface area contributed by atoms with Crippen LogP contribution >= 0.6 is 11.6 Å². The van der Waals surface area contributed by atoms with Gasteiger partial charge in [-0.15, -0.1) is 0 Å². The van der Waals surface area contributed by atoms with Gasteiger partial charge >= 0.3 is 0 Å². The van der Waals surface area contributed by atoms with E-state index in [2.05, 4.69) is 48.0 Å². The molecule has 1 aliphatic rings. The van der Waals surface area contributed by atoms with Gasteiger partial charge in [0.2, 0.25) is 0 Å². The number of nitrogens with one attached hydrogen (secondary N) is 1. The number of para-hydroxylation sites is 1. The topological polar surface area (TPSA) is 18.5 Å². The van der Waals surface area contributed by atoms with Crippen molar-refractivity contribution in [1.29, 1.82) is 0 Å². The predicted octanol–water partition coefficient (Wildman–Crippen LogP) is 3.24. The molecule has 1 saturated heterocycles. The maximum absolute atomic E-state index is 6.29. The summed E-state index contributed by atoms with van der Waals surface area (Å²) >= 11 is 6.29. The quantitative estimate of drug-likeness (QED) is 0.870. The summed E-state index contributed by atoms with van der Waals surface area (Å²) in [6.07, 6.45) is 1.21. The van der Waals surface area contributed by atoms with E-state index in [1.165, 1.54) is 12.1 Å².